The third-order valence-electron chi connectivity index (χ3n) is 7.47. The second-order valence-electron chi connectivity index (χ2n) is 10.1. The fraction of sp³-hybridized carbons (Fsp3) is 0.276. The number of fused-ring (bicyclic) bond motifs is 2. The highest BCUT2D eigenvalue weighted by atomic mass is 35.5. The lowest BCUT2D eigenvalue weighted by atomic mass is 10.1. The van der Waals surface area contributed by atoms with E-state index in [2.05, 4.69) is 20.3 Å². The molecule has 11 nitrogen and oxygen atoms in total. The lowest BCUT2D eigenvalue weighted by Gasteiger charge is -2.18. The number of nitrogens with one attached hydrogen (secondary N) is 3. The number of halogens is 1. The highest BCUT2D eigenvalue weighted by Crippen LogP contribution is 2.30. The number of imidazole rings is 1. The van der Waals surface area contributed by atoms with Crippen LogP contribution in [0.4, 0.5) is 5.69 Å². The van der Waals surface area contributed by atoms with Crippen LogP contribution in [-0.2, 0) is 4.79 Å². The number of aromatic amines is 2. The minimum atomic E-state index is -0.879. The van der Waals surface area contributed by atoms with Gasteiger partial charge in [-0.1, -0.05) is 23.7 Å². The molecule has 2 aliphatic rings. The lowest BCUT2D eigenvalue weighted by molar-refractivity contribution is -0.127. The van der Waals surface area contributed by atoms with Gasteiger partial charge in [0.25, 0.3) is 17.4 Å². The molecule has 210 valence electrons. The van der Waals surface area contributed by atoms with Gasteiger partial charge in [-0.2, -0.15) is 0 Å². The van der Waals surface area contributed by atoms with Gasteiger partial charge >= 0.3 is 0 Å². The van der Waals surface area contributed by atoms with Gasteiger partial charge in [-0.05, 0) is 48.7 Å². The Morgan fingerprint density at radius 3 is 2.61 bits per heavy atom. The molecule has 2 aromatic heterocycles. The van der Waals surface area contributed by atoms with Gasteiger partial charge in [0, 0.05) is 43.8 Å². The monoisotopic (exact) mass is 574 g/mol. The van der Waals surface area contributed by atoms with E-state index in [0.29, 0.717) is 53.2 Å². The summed E-state index contributed by atoms with van der Waals surface area (Å²) in [6, 6.07) is 11.7. The van der Waals surface area contributed by atoms with Crippen molar-refractivity contribution in [2.24, 2.45) is 0 Å². The van der Waals surface area contributed by atoms with Crippen molar-refractivity contribution in [1.29, 1.82) is 0 Å². The van der Waals surface area contributed by atoms with Crippen LogP contribution in [0.3, 0.4) is 0 Å². The highest BCUT2D eigenvalue weighted by molar-refractivity contribution is 6.30. The summed E-state index contributed by atoms with van der Waals surface area (Å²) in [5.74, 6) is -0.446. The number of carbonyl (C=O) groups excluding carboxylic acids is 3. The van der Waals surface area contributed by atoms with Crippen LogP contribution < -0.4 is 10.9 Å². The number of pyridine rings is 1. The fourth-order valence-electron chi connectivity index (χ4n) is 5.37. The van der Waals surface area contributed by atoms with E-state index >= 15 is 0 Å². The van der Waals surface area contributed by atoms with Crippen molar-refractivity contribution in [2.75, 3.05) is 31.5 Å². The molecule has 0 spiro atoms. The molecule has 0 bridgehead atoms. The minimum Gasteiger partial charge on any atom is -0.387 e. The number of aromatic nitrogens is 3. The number of likely N-dealkylation sites (tertiary alicyclic amines) is 1. The van der Waals surface area contributed by atoms with Crippen molar-refractivity contribution in [3.8, 4) is 11.4 Å². The molecule has 0 radical (unpaired) electrons. The molecule has 3 amide bonds. The van der Waals surface area contributed by atoms with E-state index in [1.54, 1.807) is 47.4 Å². The van der Waals surface area contributed by atoms with Crippen LogP contribution in [0.25, 0.3) is 22.4 Å². The van der Waals surface area contributed by atoms with Gasteiger partial charge in [0.15, 0.2) is 0 Å². The number of H-pyrrole nitrogens is 2. The van der Waals surface area contributed by atoms with E-state index in [-0.39, 0.29) is 41.5 Å². The van der Waals surface area contributed by atoms with Crippen molar-refractivity contribution in [2.45, 2.75) is 25.4 Å². The summed E-state index contributed by atoms with van der Waals surface area (Å²) in [5.41, 5.74) is 2.32. The molecule has 1 atom stereocenters. The van der Waals surface area contributed by atoms with Crippen molar-refractivity contribution >= 4 is 46.0 Å². The molecule has 0 aliphatic carbocycles. The number of rotatable bonds is 9. The molecule has 2 aromatic carbocycles. The van der Waals surface area contributed by atoms with Crippen molar-refractivity contribution in [3.05, 3.63) is 80.7 Å². The first-order chi connectivity index (χ1) is 19.8. The lowest BCUT2D eigenvalue weighted by Crippen LogP contribution is -2.34. The molecule has 0 saturated carbocycles. The molecule has 4 heterocycles. The van der Waals surface area contributed by atoms with Gasteiger partial charge in [-0.25, -0.2) is 4.98 Å². The fourth-order valence-corrected chi connectivity index (χ4v) is 5.57. The SMILES string of the molecule is O=C1CCCN1CCCN1C(=O)c2cc3nc(-c4c(NCC(O)c5cccc(Cl)c5)cc[nH]c4=O)[nH]c3cc2C1=O. The predicted octanol–water partition coefficient (Wildman–Crippen LogP) is 3.33. The normalized spacial score (nSPS) is 15.7. The Hall–Kier alpha value is -4.48. The number of amides is 3. The van der Waals surface area contributed by atoms with Crippen LogP contribution in [0, 0.1) is 0 Å². The second kappa shape index (κ2) is 10.8. The zero-order chi connectivity index (χ0) is 28.7. The van der Waals surface area contributed by atoms with E-state index in [0.717, 1.165) is 6.42 Å². The molecule has 1 unspecified atom stereocenters. The summed E-state index contributed by atoms with van der Waals surface area (Å²) in [6.07, 6.45) is 2.50. The van der Waals surface area contributed by atoms with E-state index in [1.807, 2.05) is 0 Å². The Labute approximate surface area is 239 Å². The van der Waals surface area contributed by atoms with Crippen LogP contribution in [0.5, 0.6) is 0 Å². The van der Waals surface area contributed by atoms with Gasteiger partial charge in [0.2, 0.25) is 5.91 Å². The number of imide groups is 1. The van der Waals surface area contributed by atoms with Crippen LogP contribution >= 0.6 is 11.6 Å². The third kappa shape index (κ3) is 5.09. The summed E-state index contributed by atoms with van der Waals surface area (Å²) >= 11 is 6.04. The molecule has 4 aromatic rings. The highest BCUT2D eigenvalue weighted by Gasteiger charge is 2.36. The maximum atomic E-state index is 13.1. The predicted molar refractivity (Wildman–Crippen MR) is 153 cm³/mol. The maximum Gasteiger partial charge on any atom is 0.261 e. The summed E-state index contributed by atoms with van der Waals surface area (Å²) < 4.78 is 0. The zero-order valence-electron chi connectivity index (χ0n) is 21.9. The largest absolute Gasteiger partial charge is 0.387 e. The summed E-state index contributed by atoms with van der Waals surface area (Å²) in [6.45, 7) is 1.55. The Kier molecular flexibility index (Phi) is 7.06. The first-order valence-corrected chi connectivity index (χ1v) is 13.7. The Bertz CT molecular complexity index is 1690. The second-order valence-corrected chi connectivity index (χ2v) is 10.6. The van der Waals surface area contributed by atoms with Gasteiger partial charge in [0.1, 0.15) is 11.4 Å². The molecular weight excluding hydrogens is 548 g/mol. The number of benzene rings is 2. The first kappa shape index (κ1) is 26.7. The van der Waals surface area contributed by atoms with Crippen LogP contribution in [0.2, 0.25) is 5.02 Å². The Morgan fingerprint density at radius 2 is 1.85 bits per heavy atom. The van der Waals surface area contributed by atoms with Crippen molar-refractivity contribution in [1.82, 2.24) is 24.8 Å². The number of anilines is 1. The number of nitrogens with zero attached hydrogens (tertiary/aromatic N) is 3. The molecule has 12 heteroatoms. The van der Waals surface area contributed by atoms with E-state index in [1.165, 1.54) is 11.1 Å². The number of hydrogen-bond donors (Lipinski definition) is 4. The van der Waals surface area contributed by atoms with Crippen molar-refractivity contribution < 1.29 is 19.5 Å². The summed E-state index contributed by atoms with van der Waals surface area (Å²) in [4.78, 5) is 64.2. The average Bonchev–Trinajstić information content (AvgIpc) is 3.63. The molecular formula is C29H27ClN6O5. The molecule has 1 fully saturated rings. The maximum absolute atomic E-state index is 13.1. The Balaban J connectivity index is 1.22. The number of hydrogen-bond acceptors (Lipinski definition) is 7. The standard InChI is InChI=1S/C29H27ClN6O5/c30-17-5-1-4-16(12-17)23(37)15-32-20-7-8-31-27(39)25(20)26-33-21-13-18-19(14-22(21)34-26)29(41)36(28(18)40)11-3-10-35-9-2-6-24(35)38/h1,4-5,7-8,12-14,23,37H,2-3,6,9-11,15H2,(H,33,34)(H2,31,32,39). The van der Waals surface area contributed by atoms with Crippen molar-refractivity contribution in [3.63, 3.8) is 0 Å². The smallest absolute Gasteiger partial charge is 0.261 e. The van der Waals surface area contributed by atoms with Crippen LogP contribution in [0.15, 0.2) is 53.5 Å². The molecule has 2 aliphatic heterocycles. The van der Waals surface area contributed by atoms with E-state index < -0.39 is 23.5 Å². The topological polar surface area (TPSA) is 151 Å². The van der Waals surface area contributed by atoms with E-state index in [4.69, 9.17) is 11.6 Å². The average molecular weight is 575 g/mol. The molecule has 41 heavy (non-hydrogen) atoms. The first-order valence-electron chi connectivity index (χ1n) is 13.4. The van der Waals surface area contributed by atoms with Crippen LogP contribution in [-0.4, -0.2) is 73.8 Å². The van der Waals surface area contributed by atoms with Gasteiger partial charge < -0.3 is 25.3 Å². The number of carbonyl (C=O) groups is 3. The van der Waals surface area contributed by atoms with Crippen LogP contribution in [0.1, 0.15) is 51.6 Å². The molecule has 4 N–H and O–H groups in total. The molecule has 6 rings (SSSR count). The van der Waals surface area contributed by atoms with E-state index in [9.17, 15) is 24.3 Å². The number of aliphatic hydroxyl groups excluding tert-OH is 1. The number of aliphatic hydroxyl groups is 1. The van der Waals surface area contributed by atoms with Gasteiger partial charge in [-0.15, -0.1) is 0 Å². The minimum absolute atomic E-state index is 0.107. The summed E-state index contributed by atoms with van der Waals surface area (Å²) in [5, 5.41) is 14.2. The quantitative estimate of drug-likeness (QED) is 0.224. The summed E-state index contributed by atoms with van der Waals surface area (Å²) in [7, 11) is 0. The zero-order valence-corrected chi connectivity index (χ0v) is 22.7. The van der Waals surface area contributed by atoms with Gasteiger partial charge in [0.05, 0.1) is 34.0 Å². The van der Waals surface area contributed by atoms with Gasteiger partial charge in [-0.3, -0.25) is 24.1 Å². The molecule has 1 saturated heterocycles. The third-order valence-corrected chi connectivity index (χ3v) is 7.71. The Morgan fingerprint density at radius 1 is 1.05 bits per heavy atom.